The number of nitrogens with one attached hydrogen (secondary N) is 1. The highest BCUT2D eigenvalue weighted by molar-refractivity contribution is 5.92. The van der Waals surface area contributed by atoms with Gasteiger partial charge in [0.2, 0.25) is 5.91 Å². The Morgan fingerprint density at radius 3 is 2.10 bits per heavy atom. The Hall–Kier alpha value is -2.49. The Morgan fingerprint density at radius 2 is 1.57 bits per heavy atom. The molecule has 1 N–H and O–H groups in total. The molecular formula is C17H19NO3. The third-order valence-corrected chi connectivity index (χ3v) is 3.12. The van der Waals surface area contributed by atoms with Crippen LogP contribution in [0.25, 0.3) is 0 Å². The number of benzene rings is 2. The molecule has 0 fully saturated rings. The smallest absolute Gasteiger partial charge is 0.228 e. The predicted octanol–water partition coefficient (Wildman–Crippen LogP) is 3.19. The summed E-state index contributed by atoms with van der Waals surface area (Å²) in [7, 11) is 3.15. The molecule has 0 bridgehead atoms. The molecular weight excluding hydrogens is 266 g/mol. The van der Waals surface area contributed by atoms with Crippen LogP contribution < -0.4 is 14.8 Å². The minimum atomic E-state index is -0.0749. The molecule has 0 heterocycles. The molecule has 0 unspecified atom stereocenters. The van der Waals surface area contributed by atoms with Crippen LogP contribution in [-0.4, -0.2) is 20.1 Å². The van der Waals surface area contributed by atoms with Crippen molar-refractivity contribution in [1.82, 2.24) is 0 Å². The predicted molar refractivity (Wildman–Crippen MR) is 83.1 cm³/mol. The van der Waals surface area contributed by atoms with Crippen LogP contribution in [0.2, 0.25) is 0 Å². The van der Waals surface area contributed by atoms with Crippen molar-refractivity contribution in [3.63, 3.8) is 0 Å². The van der Waals surface area contributed by atoms with E-state index in [2.05, 4.69) is 5.32 Å². The second-order valence-corrected chi connectivity index (χ2v) is 4.81. The Kier molecular flexibility index (Phi) is 4.82. The minimum absolute atomic E-state index is 0.0749. The van der Waals surface area contributed by atoms with Gasteiger partial charge in [-0.3, -0.25) is 4.79 Å². The van der Waals surface area contributed by atoms with Gasteiger partial charge in [-0.25, -0.2) is 0 Å². The van der Waals surface area contributed by atoms with Crippen molar-refractivity contribution in [2.45, 2.75) is 13.3 Å². The number of anilines is 1. The molecule has 0 spiro atoms. The van der Waals surface area contributed by atoms with E-state index in [1.165, 1.54) is 5.56 Å². The van der Waals surface area contributed by atoms with Gasteiger partial charge >= 0.3 is 0 Å². The second kappa shape index (κ2) is 6.79. The zero-order valence-corrected chi connectivity index (χ0v) is 12.5. The number of hydrogen-bond acceptors (Lipinski definition) is 3. The molecule has 1 amide bonds. The van der Waals surface area contributed by atoms with Crippen molar-refractivity contribution in [1.29, 1.82) is 0 Å². The van der Waals surface area contributed by atoms with E-state index >= 15 is 0 Å². The van der Waals surface area contributed by atoms with Gasteiger partial charge in [-0.2, -0.15) is 0 Å². The first kappa shape index (κ1) is 14.9. The molecule has 4 heteroatoms. The van der Waals surface area contributed by atoms with Crippen molar-refractivity contribution in [2.75, 3.05) is 19.5 Å². The summed E-state index contributed by atoms with van der Waals surface area (Å²) >= 11 is 0. The summed E-state index contributed by atoms with van der Waals surface area (Å²) < 4.78 is 10.4. The van der Waals surface area contributed by atoms with Crippen LogP contribution in [0.3, 0.4) is 0 Å². The van der Waals surface area contributed by atoms with E-state index in [0.717, 1.165) is 5.56 Å². The molecule has 0 aliphatic carbocycles. The summed E-state index contributed by atoms with van der Waals surface area (Å²) in [6.45, 7) is 2.02. The van der Waals surface area contributed by atoms with Crippen molar-refractivity contribution in [2.24, 2.45) is 0 Å². The number of hydrogen-bond donors (Lipinski definition) is 1. The molecule has 2 aromatic rings. The fourth-order valence-corrected chi connectivity index (χ4v) is 1.98. The summed E-state index contributed by atoms with van der Waals surface area (Å²) in [6, 6.07) is 13.2. The highest BCUT2D eigenvalue weighted by Gasteiger charge is 2.07. The van der Waals surface area contributed by atoms with Crippen LogP contribution in [0, 0.1) is 6.92 Å². The van der Waals surface area contributed by atoms with Crippen LogP contribution >= 0.6 is 0 Å². The van der Waals surface area contributed by atoms with Crippen LogP contribution in [-0.2, 0) is 11.2 Å². The maximum Gasteiger partial charge on any atom is 0.228 e. The van der Waals surface area contributed by atoms with Gasteiger partial charge in [0.05, 0.1) is 20.6 Å². The number of amides is 1. The van der Waals surface area contributed by atoms with Gasteiger partial charge in [-0.05, 0) is 12.5 Å². The summed E-state index contributed by atoms with van der Waals surface area (Å²) in [6.07, 6.45) is 0.333. The van der Waals surface area contributed by atoms with E-state index < -0.39 is 0 Å². The first-order chi connectivity index (χ1) is 10.1. The van der Waals surface area contributed by atoms with E-state index in [-0.39, 0.29) is 5.91 Å². The normalized spacial score (nSPS) is 10.0. The fourth-order valence-electron chi connectivity index (χ4n) is 1.98. The van der Waals surface area contributed by atoms with Crippen LogP contribution in [0.1, 0.15) is 11.1 Å². The third-order valence-electron chi connectivity index (χ3n) is 3.12. The van der Waals surface area contributed by atoms with Crippen LogP contribution in [0.4, 0.5) is 5.69 Å². The summed E-state index contributed by atoms with van der Waals surface area (Å²) in [4.78, 5) is 12.1. The largest absolute Gasteiger partial charge is 0.497 e. The summed E-state index contributed by atoms with van der Waals surface area (Å²) in [5.41, 5.74) is 2.81. The van der Waals surface area contributed by atoms with Gasteiger partial charge < -0.3 is 14.8 Å². The van der Waals surface area contributed by atoms with Crippen molar-refractivity contribution in [3.8, 4) is 11.5 Å². The van der Waals surface area contributed by atoms with Gasteiger partial charge in [-0.15, -0.1) is 0 Å². The second-order valence-electron chi connectivity index (χ2n) is 4.81. The molecule has 0 atom stereocenters. The van der Waals surface area contributed by atoms with Crippen molar-refractivity contribution in [3.05, 3.63) is 53.6 Å². The van der Waals surface area contributed by atoms with Gasteiger partial charge in [0.1, 0.15) is 11.5 Å². The lowest BCUT2D eigenvalue weighted by atomic mass is 10.1. The monoisotopic (exact) mass is 285 g/mol. The van der Waals surface area contributed by atoms with E-state index in [1.807, 2.05) is 31.2 Å². The topological polar surface area (TPSA) is 47.6 Å². The van der Waals surface area contributed by atoms with E-state index in [0.29, 0.717) is 23.6 Å². The molecule has 21 heavy (non-hydrogen) atoms. The number of aryl methyl sites for hydroxylation is 1. The number of carbonyl (C=O) groups is 1. The first-order valence-electron chi connectivity index (χ1n) is 6.69. The van der Waals surface area contributed by atoms with Crippen molar-refractivity contribution < 1.29 is 14.3 Å². The Bertz CT molecular complexity index is 598. The van der Waals surface area contributed by atoms with E-state index in [1.54, 1.807) is 32.4 Å². The van der Waals surface area contributed by atoms with Gasteiger partial charge in [-0.1, -0.05) is 29.8 Å². The fraction of sp³-hybridized carbons (Fsp3) is 0.235. The third kappa shape index (κ3) is 4.24. The van der Waals surface area contributed by atoms with Gasteiger partial charge in [0, 0.05) is 23.9 Å². The summed E-state index contributed by atoms with van der Waals surface area (Å²) in [5, 5.41) is 2.86. The minimum Gasteiger partial charge on any atom is -0.497 e. The highest BCUT2D eigenvalue weighted by atomic mass is 16.5. The Morgan fingerprint density at radius 1 is 1.00 bits per heavy atom. The average Bonchev–Trinajstić information content (AvgIpc) is 2.49. The zero-order chi connectivity index (χ0) is 15.2. The SMILES string of the molecule is COc1cc(NC(=O)Cc2ccc(C)cc2)cc(OC)c1. The van der Waals surface area contributed by atoms with Crippen LogP contribution in [0.15, 0.2) is 42.5 Å². The number of methoxy groups -OCH3 is 2. The van der Waals surface area contributed by atoms with E-state index in [4.69, 9.17) is 9.47 Å². The molecule has 110 valence electrons. The molecule has 0 radical (unpaired) electrons. The zero-order valence-electron chi connectivity index (χ0n) is 12.5. The Balaban J connectivity index is 2.06. The maximum absolute atomic E-state index is 12.1. The molecule has 0 aromatic heterocycles. The maximum atomic E-state index is 12.1. The average molecular weight is 285 g/mol. The lowest BCUT2D eigenvalue weighted by Crippen LogP contribution is -2.14. The lowest BCUT2D eigenvalue weighted by Gasteiger charge is -2.10. The lowest BCUT2D eigenvalue weighted by molar-refractivity contribution is -0.115. The Labute approximate surface area is 124 Å². The number of carbonyl (C=O) groups excluding carboxylic acids is 1. The molecule has 0 aliphatic heterocycles. The van der Waals surface area contributed by atoms with Gasteiger partial charge in [0.25, 0.3) is 0 Å². The molecule has 2 rings (SSSR count). The standard InChI is InChI=1S/C17H19NO3/c1-12-4-6-13(7-5-12)8-17(19)18-14-9-15(20-2)11-16(10-14)21-3/h4-7,9-11H,8H2,1-3H3,(H,18,19). The quantitative estimate of drug-likeness (QED) is 0.917. The molecule has 0 saturated carbocycles. The van der Waals surface area contributed by atoms with Crippen molar-refractivity contribution >= 4 is 11.6 Å². The van der Waals surface area contributed by atoms with Gasteiger partial charge in [0.15, 0.2) is 0 Å². The molecule has 4 nitrogen and oxygen atoms in total. The summed E-state index contributed by atoms with van der Waals surface area (Å²) in [5.74, 6) is 1.20. The highest BCUT2D eigenvalue weighted by Crippen LogP contribution is 2.25. The number of ether oxygens (including phenoxy) is 2. The number of rotatable bonds is 5. The van der Waals surface area contributed by atoms with Crippen LogP contribution in [0.5, 0.6) is 11.5 Å². The first-order valence-corrected chi connectivity index (χ1v) is 6.69. The molecule has 0 saturated heterocycles. The molecule has 2 aromatic carbocycles. The van der Waals surface area contributed by atoms with E-state index in [9.17, 15) is 4.79 Å². The molecule has 0 aliphatic rings.